The smallest absolute Gasteiger partial charge is 0.317 e. The van der Waals surface area contributed by atoms with Gasteiger partial charge in [0.2, 0.25) is 0 Å². The molecular weight excluding hydrogens is 238 g/mol. The van der Waals surface area contributed by atoms with Crippen molar-refractivity contribution in [1.29, 1.82) is 0 Å². The number of urea groups is 1. The molecule has 1 N–H and O–H groups in total. The molecule has 0 spiro atoms. The lowest BCUT2D eigenvalue weighted by Crippen LogP contribution is -2.51. The summed E-state index contributed by atoms with van der Waals surface area (Å²) in [5.74, 6) is 0. The molecular formula is C15H23N3O. The van der Waals surface area contributed by atoms with Gasteiger partial charge in [0, 0.05) is 32.7 Å². The highest BCUT2D eigenvalue weighted by Gasteiger charge is 2.19. The van der Waals surface area contributed by atoms with Gasteiger partial charge in [-0.1, -0.05) is 31.2 Å². The Bertz CT molecular complexity index is 425. The maximum Gasteiger partial charge on any atom is 0.317 e. The first-order valence-corrected chi connectivity index (χ1v) is 7.00. The van der Waals surface area contributed by atoms with Crippen LogP contribution in [0.5, 0.6) is 0 Å². The Morgan fingerprint density at radius 2 is 1.89 bits per heavy atom. The van der Waals surface area contributed by atoms with Gasteiger partial charge in [-0.25, -0.2) is 4.79 Å². The summed E-state index contributed by atoms with van der Waals surface area (Å²) in [4.78, 5) is 16.3. The molecule has 0 aromatic heterocycles. The van der Waals surface area contributed by atoms with Crippen molar-refractivity contribution in [2.45, 2.75) is 20.4 Å². The number of likely N-dealkylation sites (N-methyl/N-ethyl adjacent to an activating group) is 1. The van der Waals surface area contributed by atoms with E-state index in [2.05, 4.69) is 36.2 Å². The second kappa shape index (κ2) is 6.57. The lowest BCUT2D eigenvalue weighted by atomic mass is 10.1. The predicted octanol–water partition coefficient (Wildman–Crippen LogP) is 1.84. The van der Waals surface area contributed by atoms with E-state index in [0.717, 1.165) is 32.7 Å². The quantitative estimate of drug-likeness (QED) is 0.901. The molecule has 19 heavy (non-hydrogen) atoms. The Morgan fingerprint density at radius 3 is 2.53 bits per heavy atom. The third kappa shape index (κ3) is 3.70. The van der Waals surface area contributed by atoms with Gasteiger partial charge in [-0.2, -0.15) is 0 Å². The van der Waals surface area contributed by atoms with Crippen LogP contribution in [0.2, 0.25) is 0 Å². The molecule has 1 heterocycles. The molecule has 1 aliphatic heterocycles. The summed E-state index contributed by atoms with van der Waals surface area (Å²) in [6.45, 7) is 9.52. The Balaban J connectivity index is 1.81. The summed E-state index contributed by atoms with van der Waals surface area (Å²) < 4.78 is 0. The minimum atomic E-state index is 0.0546. The van der Waals surface area contributed by atoms with Gasteiger partial charge in [0.1, 0.15) is 0 Å². The van der Waals surface area contributed by atoms with E-state index < -0.39 is 0 Å². The number of piperazine rings is 1. The molecule has 0 radical (unpaired) electrons. The standard InChI is InChI=1S/C15H23N3O/c1-3-17-8-10-18(11-9-17)15(19)16-12-14-7-5-4-6-13(14)2/h4-7H,3,8-12H2,1-2H3,(H,16,19). The van der Waals surface area contributed by atoms with Gasteiger partial charge in [-0.3, -0.25) is 0 Å². The zero-order valence-electron chi connectivity index (χ0n) is 11.9. The summed E-state index contributed by atoms with van der Waals surface area (Å²) in [5, 5.41) is 3.01. The van der Waals surface area contributed by atoms with Gasteiger partial charge in [0.05, 0.1) is 0 Å². The van der Waals surface area contributed by atoms with Gasteiger partial charge in [-0.15, -0.1) is 0 Å². The van der Waals surface area contributed by atoms with Crippen molar-refractivity contribution in [3.63, 3.8) is 0 Å². The van der Waals surface area contributed by atoms with Crippen molar-refractivity contribution in [1.82, 2.24) is 15.1 Å². The Morgan fingerprint density at radius 1 is 1.21 bits per heavy atom. The molecule has 1 aliphatic rings. The summed E-state index contributed by atoms with van der Waals surface area (Å²) in [5.41, 5.74) is 2.40. The third-order valence-corrected chi connectivity index (χ3v) is 3.80. The van der Waals surface area contributed by atoms with Crippen LogP contribution in [-0.4, -0.2) is 48.6 Å². The van der Waals surface area contributed by atoms with Crippen LogP contribution in [-0.2, 0) is 6.54 Å². The highest BCUT2D eigenvalue weighted by atomic mass is 16.2. The average Bonchev–Trinajstić information content (AvgIpc) is 2.46. The van der Waals surface area contributed by atoms with Gasteiger partial charge in [0.15, 0.2) is 0 Å². The molecule has 0 aliphatic carbocycles. The van der Waals surface area contributed by atoms with Crippen molar-refractivity contribution in [2.75, 3.05) is 32.7 Å². The zero-order chi connectivity index (χ0) is 13.7. The summed E-state index contributed by atoms with van der Waals surface area (Å²) in [6.07, 6.45) is 0. The zero-order valence-corrected chi connectivity index (χ0v) is 11.9. The Kier molecular flexibility index (Phi) is 4.80. The topological polar surface area (TPSA) is 35.6 Å². The van der Waals surface area contributed by atoms with Crippen LogP contribution in [0.4, 0.5) is 4.79 Å². The third-order valence-electron chi connectivity index (χ3n) is 3.80. The van der Waals surface area contributed by atoms with Crippen LogP contribution >= 0.6 is 0 Å². The number of hydrogen-bond acceptors (Lipinski definition) is 2. The summed E-state index contributed by atoms with van der Waals surface area (Å²) in [6, 6.07) is 8.21. The lowest BCUT2D eigenvalue weighted by molar-refractivity contribution is 0.142. The van der Waals surface area contributed by atoms with Crippen LogP contribution in [0.15, 0.2) is 24.3 Å². The molecule has 2 amide bonds. The highest BCUT2D eigenvalue weighted by molar-refractivity contribution is 5.74. The molecule has 1 aromatic rings. The van der Waals surface area contributed by atoms with Gasteiger partial charge < -0.3 is 15.1 Å². The number of aryl methyl sites for hydroxylation is 1. The largest absolute Gasteiger partial charge is 0.334 e. The number of rotatable bonds is 3. The Hall–Kier alpha value is -1.55. The van der Waals surface area contributed by atoms with E-state index in [-0.39, 0.29) is 6.03 Å². The molecule has 104 valence electrons. The van der Waals surface area contributed by atoms with E-state index in [1.807, 2.05) is 17.0 Å². The van der Waals surface area contributed by atoms with E-state index in [9.17, 15) is 4.79 Å². The molecule has 0 atom stereocenters. The molecule has 1 aromatic carbocycles. The molecule has 4 heteroatoms. The molecule has 1 fully saturated rings. The number of nitrogens with one attached hydrogen (secondary N) is 1. The number of benzene rings is 1. The van der Waals surface area contributed by atoms with E-state index in [1.54, 1.807) is 0 Å². The van der Waals surface area contributed by atoms with Crippen molar-refractivity contribution in [2.24, 2.45) is 0 Å². The van der Waals surface area contributed by atoms with E-state index >= 15 is 0 Å². The first-order chi connectivity index (χ1) is 9.20. The second-order valence-electron chi connectivity index (χ2n) is 5.01. The normalized spacial score (nSPS) is 16.4. The molecule has 4 nitrogen and oxygen atoms in total. The second-order valence-corrected chi connectivity index (χ2v) is 5.01. The van der Waals surface area contributed by atoms with Gasteiger partial charge in [-0.05, 0) is 24.6 Å². The number of carbonyl (C=O) groups is 1. The fourth-order valence-corrected chi connectivity index (χ4v) is 2.36. The number of hydrogen-bond donors (Lipinski definition) is 1. The van der Waals surface area contributed by atoms with Crippen LogP contribution in [0.3, 0.4) is 0 Å². The highest BCUT2D eigenvalue weighted by Crippen LogP contribution is 2.07. The SMILES string of the molecule is CCN1CCN(C(=O)NCc2ccccc2C)CC1. The first-order valence-electron chi connectivity index (χ1n) is 7.00. The average molecular weight is 261 g/mol. The van der Waals surface area contributed by atoms with Crippen molar-refractivity contribution in [3.05, 3.63) is 35.4 Å². The number of carbonyl (C=O) groups excluding carboxylic acids is 1. The molecule has 2 rings (SSSR count). The van der Waals surface area contributed by atoms with Gasteiger partial charge >= 0.3 is 6.03 Å². The minimum absolute atomic E-state index is 0.0546. The lowest BCUT2D eigenvalue weighted by Gasteiger charge is -2.34. The fraction of sp³-hybridized carbons (Fsp3) is 0.533. The molecule has 1 saturated heterocycles. The summed E-state index contributed by atoms with van der Waals surface area (Å²) >= 11 is 0. The van der Waals surface area contributed by atoms with Crippen LogP contribution in [0, 0.1) is 6.92 Å². The van der Waals surface area contributed by atoms with Crippen LogP contribution in [0.1, 0.15) is 18.1 Å². The molecule has 0 unspecified atom stereocenters. The maximum atomic E-state index is 12.1. The fourth-order valence-electron chi connectivity index (χ4n) is 2.36. The van der Waals surface area contributed by atoms with E-state index in [0.29, 0.717) is 6.54 Å². The van der Waals surface area contributed by atoms with Gasteiger partial charge in [0.25, 0.3) is 0 Å². The molecule has 0 bridgehead atoms. The summed E-state index contributed by atoms with van der Waals surface area (Å²) in [7, 11) is 0. The van der Waals surface area contributed by atoms with Crippen LogP contribution < -0.4 is 5.32 Å². The van der Waals surface area contributed by atoms with Crippen molar-refractivity contribution < 1.29 is 4.79 Å². The van der Waals surface area contributed by atoms with E-state index in [1.165, 1.54) is 11.1 Å². The van der Waals surface area contributed by atoms with Crippen molar-refractivity contribution >= 4 is 6.03 Å². The predicted molar refractivity (Wildman–Crippen MR) is 77.1 cm³/mol. The number of nitrogens with zero attached hydrogens (tertiary/aromatic N) is 2. The number of amides is 2. The first kappa shape index (κ1) is 13.9. The maximum absolute atomic E-state index is 12.1. The van der Waals surface area contributed by atoms with Crippen LogP contribution in [0.25, 0.3) is 0 Å². The Labute approximate surface area is 115 Å². The van der Waals surface area contributed by atoms with Crippen molar-refractivity contribution in [3.8, 4) is 0 Å². The minimum Gasteiger partial charge on any atom is -0.334 e. The monoisotopic (exact) mass is 261 g/mol. The molecule has 0 saturated carbocycles. The van der Waals surface area contributed by atoms with E-state index in [4.69, 9.17) is 0 Å².